The van der Waals surface area contributed by atoms with Crippen LogP contribution in [0, 0.1) is 0 Å². The van der Waals surface area contributed by atoms with Gasteiger partial charge in [0.2, 0.25) is 0 Å². The molecule has 1 heterocycles. The molecule has 1 aliphatic heterocycles. The van der Waals surface area contributed by atoms with Gasteiger partial charge in [0.25, 0.3) is 0 Å². The Balaban J connectivity index is 2.43. The van der Waals surface area contributed by atoms with Gasteiger partial charge in [-0.05, 0) is 0 Å². The normalized spacial score (nSPS) is 41.8. The lowest BCUT2D eigenvalue weighted by Gasteiger charge is -2.38. The van der Waals surface area contributed by atoms with Crippen LogP contribution in [-0.4, -0.2) is 76.1 Å². The van der Waals surface area contributed by atoms with Crippen molar-refractivity contribution >= 4 is 0 Å². The van der Waals surface area contributed by atoms with Crippen LogP contribution in [0.15, 0.2) is 0 Å². The predicted molar refractivity (Wildman–Crippen MR) is 46.8 cm³/mol. The topological polar surface area (TPSA) is 120 Å². The molecule has 15 heavy (non-hydrogen) atoms. The Bertz CT molecular complexity index is 188. The van der Waals surface area contributed by atoms with Crippen molar-refractivity contribution in [2.45, 2.75) is 30.7 Å². The SMILES string of the molecule is OCCOC[C@H]1O[C@H](O)[C@H](O)[C@@H](O)[C@@H]1O. The first-order valence-corrected chi connectivity index (χ1v) is 4.64. The molecule has 0 aromatic heterocycles. The first kappa shape index (κ1) is 12.8. The van der Waals surface area contributed by atoms with Crippen LogP contribution in [0.3, 0.4) is 0 Å². The van der Waals surface area contributed by atoms with E-state index in [9.17, 15) is 10.2 Å². The molecule has 1 rings (SSSR count). The number of hydrogen-bond acceptors (Lipinski definition) is 7. The first-order chi connectivity index (χ1) is 7.07. The largest absolute Gasteiger partial charge is 0.394 e. The lowest BCUT2D eigenvalue weighted by atomic mass is 9.99. The van der Waals surface area contributed by atoms with Crippen LogP contribution in [0.25, 0.3) is 0 Å². The molecule has 0 bridgehead atoms. The van der Waals surface area contributed by atoms with Crippen LogP contribution in [0.4, 0.5) is 0 Å². The number of aliphatic hydroxyl groups is 5. The Labute approximate surface area is 86.5 Å². The van der Waals surface area contributed by atoms with E-state index in [4.69, 9.17) is 24.8 Å². The Morgan fingerprint density at radius 3 is 2.27 bits per heavy atom. The Morgan fingerprint density at radius 2 is 1.67 bits per heavy atom. The summed E-state index contributed by atoms with van der Waals surface area (Å²) in [5.41, 5.74) is 0. The van der Waals surface area contributed by atoms with Crippen LogP contribution in [-0.2, 0) is 9.47 Å². The summed E-state index contributed by atoms with van der Waals surface area (Å²) < 4.78 is 9.70. The van der Waals surface area contributed by atoms with Gasteiger partial charge in [0.15, 0.2) is 6.29 Å². The molecular formula is C8H16O7. The summed E-state index contributed by atoms with van der Waals surface area (Å²) >= 11 is 0. The summed E-state index contributed by atoms with van der Waals surface area (Å²) in [6.07, 6.45) is -6.82. The van der Waals surface area contributed by atoms with Gasteiger partial charge < -0.3 is 35.0 Å². The minimum absolute atomic E-state index is 0.0708. The van der Waals surface area contributed by atoms with E-state index in [0.717, 1.165) is 0 Å². The van der Waals surface area contributed by atoms with Gasteiger partial charge >= 0.3 is 0 Å². The lowest BCUT2D eigenvalue weighted by molar-refractivity contribution is -0.288. The molecule has 5 atom stereocenters. The zero-order valence-electron chi connectivity index (χ0n) is 8.06. The van der Waals surface area contributed by atoms with E-state index in [1.54, 1.807) is 0 Å². The van der Waals surface area contributed by atoms with Gasteiger partial charge in [-0.1, -0.05) is 0 Å². The molecular weight excluding hydrogens is 208 g/mol. The standard InChI is InChI=1S/C8H16O7/c9-1-2-14-3-4-5(10)6(11)7(12)8(13)15-4/h4-13H,1-3H2/t4-,5-,6+,7-,8+/m1/s1. The lowest BCUT2D eigenvalue weighted by Crippen LogP contribution is -2.58. The van der Waals surface area contributed by atoms with E-state index in [-0.39, 0.29) is 19.8 Å². The van der Waals surface area contributed by atoms with Gasteiger partial charge in [-0.15, -0.1) is 0 Å². The van der Waals surface area contributed by atoms with Crippen molar-refractivity contribution in [1.29, 1.82) is 0 Å². The summed E-state index contributed by atoms with van der Waals surface area (Å²) in [7, 11) is 0. The van der Waals surface area contributed by atoms with Crippen LogP contribution in [0.1, 0.15) is 0 Å². The number of ether oxygens (including phenoxy) is 2. The van der Waals surface area contributed by atoms with Crippen molar-refractivity contribution in [3.05, 3.63) is 0 Å². The Morgan fingerprint density at radius 1 is 1.00 bits per heavy atom. The van der Waals surface area contributed by atoms with Gasteiger partial charge in [0.05, 0.1) is 19.8 Å². The second-order valence-electron chi connectivity index (χ2n) is 3.34. The third kappa shape index (κ3) is 3.08. The average molecular weight is 224 g/mol. The molecule has 0 radical (unpaired) electrons. The summed E-state index contributed by atoms with van der Waals surface area (Å²) in [6, 6.07) is 0. The van der Waals surface area contributed by atoms with Crippen molar-refractivity contribution in [2.24, 2.45) is 0 Å². The highest BCUT2D eigenvalue weighted by Crippen LogP contribution is 2.19. The molecule has 1 saturated heterocycles. The van der Waals surface area contributed by atoms with Crippen molar-refractivity contribution < 1.29 is 35.0 Å². The molecule has 0 spiro atoms. The molecule has 0 aromatic rings. The summed E-state index contributed by atoms with van der Waals surface area (Å²) in [6.45, 7) is -0.180. The van der Waals surface area contributed by atoms with Crippen molar-refractivity contribution in [3.63, 3.8) is 0 Å². The monoisotopic (exact) mass is 224 g/mol. The molecule has 1 fully saturated rings. The minimum Gasteiger partial charge on any atom is -0.394 e. The summed E-state index contributed by atoms with van der Waals surface area (Å²) in [4.78, 5) is 0. The fourth-order valence-corrected chi connectivity index (χ4v) is 1.33. The molecule has 90 valence electrons. The molecule has 1 aliphatic rings. The van der Waals surface area contributed by atoms with Crippen LogP contribution >= 0.6 is 0 Å². The molecule has 0 unspecified atom stereocenters. The minimum atomic E-state index is -1.55. The molecule has 7 nitrogen and oxygen atoms in total. The maximum atomic E-state index is 9.44. The second kappa shape index (κ2) is 5.71. The smallest absolute Gasteiger partial charge is 0.184 e. The molecule has 0 amide bonds. The van der Waals surface area contributed by atoms with Crippen molar-refractivity contribution in [1.82, 2.24) is 0 Å². The highest BCUT2D eigenvalue weighted by atomic mass is 16.6. The number of hydrogen-bond donors (Lipinski definition) is 5. The summed E-state index contributed by atoms with van der Waals surface area (Å²) in [5.74, 6) is 0. The third-order valence-electron chi connectivity index (χ3n) is 2.20. The molecule has 7 heteroatoms. The highest BCUT2D eigenvalue weighted by molar-refractivity contribution is 4.88. The van der Waals surface area contributed by atoms with Crippen LogP contribution in [0.2, 0.25) is 0 Å². The highest BCUT2D eigenvalue weighted by Gasteiger charge is 2.42. The maximum absolute atomic E-state index is 9.44. The van der Waals surface area contributed by atoms with Crippen LogP contribution < -0.4 is 0 Å². The Kier molecular flexibility index (Phi) is 4.87. The van der Waals surface area contributed by atoms with Gasteiger partial charge in [-0.3, -0.25) is 0 Å². The maximum Gasteiger partial charge on any atom is 0.184 e. The second-order valence-corrected chi connectivity index (χ2v) is 3.34. The van der Waals surface area contributed by atoms with E-state index in [1.165, 1.54) is 0 Å². The molecule has 0 aromatic carbocycles. The predicted octanol–water partition coefficient (Wildman–Crippen LogP) is -3.20. The first-order valence-electron chi connectivity index (χ1n) is 4.64. The zero-order valence-corrected chi connectivity index (χ0v) is 8.06. The fourth-order valence-electron chi connectivity index (χ4n) is 1.33. The Hall–Kier alpha value is -0.280. The van der Waals surface area contributed by atoms with Crippen molar-refractivity contribution in [2.75, 3.05) is 19.8 Å². The van der Waals surface area contributed by atoms with E-state index in [1.807, 2.05) is 0 Å². The van der Waals surface area contributed by atoms with Crippen LogP contribution in [0.5, 0.6) is 0 Å². The van der Waals surface area contributed by atoms with Crippen molar-refractivity contribution in [3.8, 4) is 0 Å². The number of rotatable bonds is 4. The van der Waals surface area contributed by atoms with E-state index in [2.05, 4.69) is 0 Å². The molecule has 5 N–H and O–H groups in total. The van der Waals surface area contributed by atoms with E-state index in [0.29, 0.717) is 0 Å². The van der Waals surface area contributed by atoms with Gasteiger partial charge in [0, 0.05) is 0 Å². The van der Waals surface area contributed by atoms with Gasteiger partial charge in [-0.2, -0.15) is 0 Å². The fraction of sp³-hybridized carbons (Fsp3) is 1.00. The molecule has 0 aliphatic carbocycles. The van der Waals surface area contributed by atoms with E-state index >= 15 is 0 Å². The van der Waals surface area contributed by atoms with Gasteiger partial charge in [0.1, 0.15) is 24.4 Å². The summed E-state index contributed by atoms with van der Waals surface area (Å²) in [5, 5.41) is 45.5. The quantitative estimate of drug-likeness (QED) is 0.319. The third-order valence-corrected chi connectivity index (χ3v) is 2.20. The molecule has 0 saturated carbocycles. The van der Waals surface area contributed by atoms with E-state index < -0.39 is 30.7 Å². The average Bonchev–Trinajstić information content (AvgIpc) is 2.23. The van der Waals surface area contributed by atoms with Gasteiger partial charge in [-0.25, -0.2) is 0 Å². The zero-order chi connectivity index (χ0) is 11.4. The number of aliphatic hydroxyl groups excluding tert-OH is 5.